The van der Waals surface area contributed by atoms with Gasteiger partial charge in [-0.1, -0.05) is 24.3 Å². The third-order valence-corrected chi connectivity index (χ3v) is 5.15. The Morgan fingerprint density at radius 1 is 0.931 bits per heavy atom. The minimum atomic E-state index is -4.40. The fourth-order valence-electron chi connectivity index (χ4n) is 3.54. The Hall–Kier alpha value is -3.09. The Morgan fingerprint density at radius 2 is 1.66 bits per heavy atom. The second kappa shape index (κ2) is 7.73. The van der Waals surface area contributed by atoms with Crippen molar-refractivity contribution >= 4 is 5.91 Å². The molecule has 0 aliphatic carbocycles. The van der Waals surface area contributed by atoms with Gasteiger partial charge in [0, 0.05) is 24.2 Å². The summed E-state index contributed by atoms with van der Waals surface area (Å²) >= 11 is 0. The maximum Gasteiger partial charge on any atom is 0.416 e. The molecule has 0 bridgehead atoms. The molecule has 1 aromatic heterocycles. The van der Waals surface area contributed by atoms with E-state index in [1.807, 2.05) is 17.0 Å². The van der Waals surface area contributed by atoms with Crippen molar-refractivity contribution in [3.8, 4) is 22.5 Å². The molecule has 1 amide bonds. The molecule has 1 aliphatic heterocycles. The quantitative estimate of drug-likeness (QED) is 0.642. The normalized spacial score (nSPS) is 14.8. The van der Waals surface area contributed by atoms with Crippen LogP contribution in [0.1, 0.15) is 35.2 Å². The van der Waals surface area contributed by atoms with Crippen LogP contribution < -0.4 is 0 Å². The Balaban J connectivity index is 1.53. The summed E-state index contributed by atoms with van der Waals surface area (Å²) < 4.78 is 38.8. The van der Waals surface area contributed by atoms with Crippen LogP contribution in [0.25, 0.3) is 22.5 Å². The van der Waals surface area contributed by atoms with E-state index in [1.165, 1.54) is 6.07 Å². The van der Waals surface area contributed by atoms with Gasteiger partial charge in [0.2, 0.25) is 0 Å². The average Bonchev–Trinajstić information content (AvgIpc) is 3.24. The topological polar surface area (TPSA) is 49.0 Å². The fourth-order valence-corrected chi connectivity index (χ4v) is 3.54. The number of alkyl halides is 3. The van der Waals surface area contributed by atoms with Crippen LogP contribution in [-0.2, 0) is 6.18 Å². The molecule has 0 unspecified atom stereocenters. The van der Waals surface area contributed by atoms with E-state index in [1.54, 1.807) is 24.3 Å². The molecular weight excluding hydrogens is 379 g/mol. The fraction of sp³-hybridized carbons (Fsp3) is 0.273. The number of aromatic amines is 1. The van der Waals surface area contributed by atoms with Crippen molar-refractivity contribution in [1.82, 2.24) is 15.1 Å². The molecule has 0 radical (unpaired) electrons. The predicted molar refractivity (Wildman–Crippen MR) is 104 cm³/mol. The highest BCUT2D eigenvalue weighted by Gasteiger charge is 2.30. The lowest BCUT2D eigenvalue weighted by molar-refractivity contribution is -0.137. The number of hydrogen-bond acceptors (Lipinski definition) is 2. The molecule has 2 heterocycles. The monoisotopic (exact) mass is 399 g/mol. The number of hydrogen-bond donors (Lipinski definition) is 1. The molecule has 3 aromatic rings. The number of carbonyl (C=O) groups excluding carboxylic acids is 1. The molecule has 1 saturated heterocycles. The number of carbonyl (C=O) groups is 1. The molecule has 1 N–H and O–H groups in total. The minimum Gasteiger partial charge on any atom is -0.339 e. The number of amides is 1. The second-order valence-corrected chi connectivity index (χ2v) is 7.18. The maximum absolute atomic E-state index is 12.9. The van der Waals surface area contributed by atoms with Crippen LogP contribution in [0.2, 0.25) is 0 Å². The first-order valence-corrected chi connectivity index (χ1v) is 9.54. The molecule has 29 heavy (non-hydrogen) atoms. The minimum absolute atomic E-state index is 0.0329. The summed E-state index contributed by atoms with van der Waals surface area (Å²) in [6, 6.07) is 14.0. The summed E-state index contributed by atoms with van der Waals surface area (Å²) in [7, 11) is 0. The number of halogens is 3. The van der Waals surface area contributed by atoms with Crippen molar-refractivity contribution in [1.29, 1.82) is 0 Å². The Bertz CT molecular complexity index is 1000. The van der Waals surface area contributed by atoms with Gasteiger partial charge in [0.05, 0.1) is 17.0 Å². The molecule has 150 valence electrons. The summed E-state index contributed by atoms with van der Waals surface area (Å²) in [6.45, 7) is 1.59. The van der Waals surface area contributed by atoms with Gasteiger partial charge in [-0.05, 0) is 55.2 Å². The zero-order valence-electron chi connectivity index (χ0n) is 15.7. The van der Waals surface area contributed by atoms with Crippen LogP contribution in [0.3, 0.4) is 0 Å². The van der Waals surface area contributed by atoms with E-state index in [0.717, 1.165) is 50.0 Å². The third kappa shape index (κ3) is 4.18. The van der Waals surface area contributed by atoms with Gasteiger partial charge in [0.1, 0.15) is 0 Å². The van der Waals surface area contributed by atoms with E-state index >= 15 is 0 Å². The summed E-state index contributed by atoms with van der Waals surface area (Å²) in [5, 5.41) is 7.01. The van der Waals surface area contributed by atoms with E-state index in [4.69, 9.17) is 0 Å². The summed E-state index contributed by atoms with van der Waals surface area (Å²) in [5.41, 5.74) is 2.23. The molecular formula is C22H20F3N3O. The highest BCUT2D eigenvalue weighted by molar-refractivity contribution is 5.94. The van der Waals surface area contributed by atoms with E-state index in [-0.39, 0.29) is 5.91 Å². The standard InChI is InChI=1S/C22H20F3N3O/c23-22(24,25)18-6-4-5-17(13-18)20-14-19(26-27-20)15-7-9-16(10-8-15)21(29)28-11-2-1-3-12-28/h4-10,13-14H,1-3,11-12H2,(H,26,27). The molecule has 4 nitrogen and oxygen atoms in total. The van der Waals surface area contributed by atoms with Gasteiger partial charge >= 0.3 is 6.18 Å². The average molecular weight is 399 g/mol. The van der Waals surface area contributed by atoms with Crippen LogP contribution in [0.5, 0.6) is 0 Å². The van der Waals surface area contributed by atoms with Crippen molar-refractivity contribution in [2.75, 3.05) is 13.1 Å². The zero-order valence-corrected chi connectivity index (χ0v) is 15.7. The Labute approximate surface area is 166 Å². The van der Waals surface area contributed by atoms with Crippen molar-refractivity contribution in [2.45, 2.75) is 25.4 Å². The van der Waals surface area contributed by atoms with Crippen molar-refractivity contribution < 1.29 is 18.0 Å². The molecule has 7 heteroatoms. The van der Waals surface area contributed by atoms with E-state index in [2.05, 4.69) is 10.2 Å². The van der Waals surface area contributed by atoms with Gasteiger partial charge in [0.25, 0.3) is 5.91 Å². The van der Waals surface area contributed by atoms with E-state index < -0.39 is 11.7 Å². The third-order valence-electron chi connectivity index (χ3n) is 5.15. The summed E-state index contributed by atoms with van der Waals surface area (Å²) in [4.78, 5) is 14.4. The molecule has 0 spiro atoms. The number of rotatable bonds is 3. The first-order valence-electron chi connectivity index (χ1n) is 9.54. The summed E-state index contributed by atoms with van der Waals surface area (Å²) in [5.74, 6) is 0.0329. The number of nitrogens with zero attached hydrogens (tertiary/aromatic N) is 2. The first-order chi connectivity index (χ1) is 13.9. The smallest absolute Gasteiger partial charge is 0.339 e. The number of piperidine rings is 1. The Kier molecular flexibility index (Phi) is 5.13. The van der Waals surface area contributed by atoms with Crippen LogP contribution in [0.4, 0.5) is 13.2 Å². The van der Waals surface area contributed by atoms with Crippen molar-refractivity contribution in [3.05, 3.63) is 65.7 Å². The van der Waals surface area contributed by atoms with Gasteiger partial charge in [-0.3, -0.25) is 9.89 Å². The van der Waals surface area contributed by atoms with Crippen LogP contribution in [0, 0.1) is 0 Å². The van der Waals surface area contributed by atoms with Crippen LogP contribution in [-0.4, -0.2) is 34.1 Å². The largest absolute Gasteiger partial charge is 0.416 e. The highest BCUT2D eigenvalue weighted by Crippen LogP contribution is 2.32. The van der Waals surface area contributed by atoms with Gasteiger partial charge < -0.3 is 4.90 Å². The number of aromatic nitrogens is 2. The molecule has 0 saturated carbocycles. The van der Waals surface area contributed by atoms with Gasteiger partial charge in [0.15, 0.2) is 0 Å². The van der Waals surface area contributed by atoms with Crippen molar-refractivity contribution in [3.63, 3.8) is 0 Å². The zero-order chi connectivity index (χ0) is 20.4. The van der Waals surface area contributed by atoms with E-state index in [9.17, 15) is 18.0 Å². The van der Waals surface area contributed by atoms with Crippen molar-refractivity contribution in [2.24, 2.45) is 0 Å². The molecule has 2 aromatic carbocycles. The molecule has 0 atom stereocenters. The summed E-state index contributed by atoms with van der Waals surface area (Å²) in [6.07, 6.45) is -1.16. The Morgan fingerprint density at radius 3 is 2.34 bits per heavy atom. The lowest BCUT2D eigenvalue weighted by Crippen LogP contribution is -2.35. The lowest BCUT2D eigenvalue weighted by atomic mass is 10.0. The first kappa shape index (κ1) is 19.2. The van der Waals surface area contributed by atoms with Gasteiger partial charge in [-0.25, -0.2) is 0 Å². The number of likely N-dealkylation sites (tertiary alicyclic amines) is 1. The van der Waals surface area contributed by atoms with Crippen LogP contribution >= 0.6 is 0 Å². The second-order valence-electron chi connectivity index (χ2n) is 7.18. The van der Waals surface area contributed by atoms with Crippen LogP contribution in [0.15, 0.2) is 54.6 Å². The van der Waals surface area contributed by atoms with Gasteiger partial charge in [-0.15, -0.1) is 0 Å². The number of H-pyrrole nitrogens is 1. The predicted octanol–water partition coefficient (Wildman–Crippen LogP) is 5.39. The van der Waals surface area contributed by atoms with E-state index in [0.29, 0.717) is 22.5 Å². The highest BCUT2D eigenvalue weighted by atomic mass is 19.4. The lowest BCUT2D eigenvalue weighted by Gasteiger charge is -2.26. The molecule has 1 fully saturated rings. The maximum atomic E-state index is 12.9. The number of nitrogens with one attached hydrogen (secondary N) is 1. The molecule has 4 rings (SSSR count). The SMILES string of the molecule is O=C(c1ccc(-c2cc(-c3cccc(C(F)(F)F)c3)n[nH]2)cc1)N1CCCCC1. The van der Waals surface area contributed by atoms with Gasteiger partial charge in [-0.2, -0.15) is 18.3 Å². The molecule has 1 aliphatic rings. The number of benzene rings is 2.